The summed E-state index contributed by atoms with van der Waals surface area (Å²) in [4.78, 5) is 2.46. The van der Waals surface area contributed by atoms with Gasteiger partial charge in [-0.25, -0.2) is 0 Å². The Kier molecular flexibility index (Phi) is 5.33. The first-order valence-electron chi connectivity index (χ1n) is 9.70. The number of nitrogens with two attached hydrogens (primary N) is 1. The monoisotopic (exact) mass is 355 g/mol. The van der Waals surface area contributed by atoms with Crippen molar-refractivity contribution in [2.75, 3.05) is 13.1 Å². The zero-order valence-corrected chi connectivity index (χ0v) is 15.6. The van der Waals surface area contributed by atoms with Crippen LogP contribution < -0.4 is 5.73 Å². The lowest BCUT2D eigenvalue weighted by atomic mass is 9.80. The van der Waals surface area contributed by atoms with Crippen molar-refractivity contribution in [3.63, 3.8) is 0 Å². The van der Waals surface area contributed by atoms with Gasteiger partial charge >= 0.3 is 0 Å². The summed E-state index contributed by atoms with van der Waals surface area (Å²) < 4.78 is 8.26. The molecule has 4 rings (SSSR count). The zero-order chi connectivity index (χ0) is 17.9. The second-order valence-electron chi connectivity index (χ2n) is 7.73. The van der Waals surface area contributed by atoms with Crippen LogP contribution in [-0.2, 0) is 24.9 Å². The summed E-state index contributed by atoms with van der Waals surface area (Å²) in [5.74, 6) is 2.65. The normalized spacial score (nSPS) is 24.5. The molecule has 1 saturated carbocycles. The summed E-state index contributed by atoms with van der Waals surface area (Å²) in [5, 5.41) is 8.85. The molecule has 0 radical (unpaired) electrons. The maximum atomic E-state index is 6.09. The van der Waals surface area contributed by atoms with Crippen LogP contribution in [0.1, 0.15) is 48.8 Å². The van der Waals surface area contributed by atoms with E-state index in [2.05, 4.69) is 51.0 Å². The fourth-order valence-corrected chi connectivity index (χ4v) is 3.96. The van der Waals surface area contributed by atoms with Crippen molar-refractivity contribution in [3.8, 4) is 0 Å². The highest BCUT2D eigenvalue weighted by Gasteiger charge is 2.31. The first-order valence-corrected chi connectivity index (χ1v) is 9.70. The van der Waals surface area contributed by atoms with Gasteiger partial charge in [0.25, 0.3) is 0 Å². The molecule has 1 aliphatic heterocycles. The number of piperidine rings is 1. The summed E-state index contributed by atoms with van der Waals surface area (Å²) in [6.07, 6.45) is 4.59. The largest absolute Gasteiger partial charge is 0.373 e. The van der Waals surface area contributed by atoms with Gasteiger partial charge in [-0.1, -0.05) is 30.3 Å². The Morgan fingerprint density at radius 1 is 1.12 bits per heavy atom. The van der Waals surface area contributed by atoms with Crippen LogP contribution in [0.5, 0.6) is 0 Å². The van der Waals surface area contributed by atoms with Crippen LogP contribution in [0.4, 0.5) is 0 Å². The number of nitrogens with zero attached hydrogens (tertiary/aromatic N) is 4. The van der Waals surface area contributed by atoms with Gasteiger partial charge in [0, 0.05) is 32.1 Å². The number of hydrogen-bond donors (Lipinski definition) is 1. The van der Waals surface area contributed by atoms with Crippen LogP contribution in [0.2, 0.25) is 0 Å². The maximum absolute atomic E-state index is 6.09. The molecule has 1 saturated heterocycles. The average molecular weight is 355 g/mol. The molecule has 26 heavy (non-hydrogen) atoms. The lowest BCUT2D eigenvalue weighted by Gasteiger charge is -2.32. The number of aromatic nitrogens is 3. The Hall–Kier alpha value is -1.76. The van der Waals surface area contributed by atoms with E-state index < -0.39 is 0 Å². The molecule has 1 aromatic carbocycles. The van der Waals surface area contributed by atoms with E-state index in [1.807, 2.05) is 6.07 Å². The van der Waals surface area contributed by atoms with E-state index in [-0.39, 0.29) is 0 Å². The number of ether oxygens (including phenoxy) is 1. The molecule has 0 bridgehead atoms. The molecular weight excluding hydrogens is 326 g/mol. The number of likely N-dealkylation sites (tertiary alicyclic amines) is 1. The van der Waals surface area contributed by atoms with Gasteiger partial charge in [-0.05, 0) is 31.2 Å². The molecule has 2 N–H and O–H groups in total. The SMILES string of the molecule is Cn1c(CN2CCC(OCc3ccccc3)CC2)nnc1C1CC(N)C1. The van der Waals surface area contributed by atoms with E-state index in [0.717, 1.165) is 57.0 Å². The number of rotatable bonds is 6. The number of hydrogen-bond acceptors (Lipinski definition) is 5. The van der Waals surface area contributed by atoms with Gasteiger partial charge in [0.1, 0.15) is 11.6 Å². The molecule has 1 aromatic heterocycles. The maximum Gasteiger partial charge on any atom is 0.146 e. The molecule has 2 aliphatic rings. The van der Waals surface area contributed by atoms with Crippen LogP contribution in [-0.4, -0.2) is 44.9 Å². The van der Waals surface area contributed by atoms with E-state index in [0.29, 0.717) is 24.7 Å². The lowest BCUT2D eigenvalue weighted by molar-refractivity contribution is -0.00452. The van der Waals surface area contributed by atoms with E-state index in [1.54, 1.807) is 0 Å². The minimum Gasteiger partial charge on any atom is -0.373 e. The summed E-state index contributed by atoms with van der Waals surface area (Å²) in [5.41, 5.74) is 7.16. The molecule has 6 heteroatoms. The zero-order valence-electron chi connectivity index (χ0n) is 15.6. The van der Waals surface area contributed by atoms with E-state index in [1.165, 1.54) is 5.56 Å². The Morgan fingerprint density at radius 2 is 1.85 bits per heavy atom. The van der Waals surface area contributed by atoms with Crippen molar-refractivity contribution in [1.29, 1.82) is 0 Å². The molecule has 6 nitrogen and oxygen atoms in total. The van der Waals surface area contributed by atoms with Gasteiger partial charge in [-0.3, -0.25) is 4.90 Å². The van der Waals surface area contributed by atoms with Crippen molar-refractivity contribution in [1.82, 2.24) is 19.7 Å². The molecule has 1 aliphatic carbocycles. The van der Waals surface area contributed by atoms with Gasteiger partial charge in [-0.2, -0.15) is 0 Å². The van der Waals surface area contributed by atoms with Crippen LogP contribution in [0.25, 0.3) is 0 Å². The highest BCUT2D eigenvalue weighted by Crippen LogP contribution is 2.34. The van der Waals surface area contributed by atoms with E-state index in [9.17, 15) is 0 Å². The Bertz CT molecular complexity index is 702. The molecule has 140 valence electrons. The van der Waals surface area contributed by atoms with Gasteiger partial charge in [0.15, 0.2) is 0 Å². The second kappa shape index (κ2) is 7.86. The van der Waals surface area contributed by atoms with Crippen molar-refractivity contribution >= 4 is 0 Å². The molecule has 2 aromatic rings. The minimum absolute atomic E-state index is 0.343. The Balaban J connectivity index is 1.24. The highest BCUT2D eigenvalue weighted by atomic mass is 16.5. The second-order valence-corrected chi connectivity index (χ2v) is 7.73. The van der Waals surface area contributed by atoms with Crippen molar-refractivity contribution in [2.45, 2.75) is 56.9 Å². The third-order valence-electron chi connectivity index (χ3n) is 5.77. The van der Waals surface area contributed by atoms with Crippen LogP contribution in [0.15, 0.2) is 30.3 Å². The Morgan fingerprint density at radius 3 is 2.54 bits per heavy atom. The fraction of sp³-hybridized carbons (Fsp3) is 0.600. The predicted molar refractivity (Wildman–Crippen MR) is 100 cm³/mol. The molecule has 2 fully saturated rings. The smallest absolute Gasteiger partial charge is 0.146 e. The van der Waals surface area contributed by atoms with Gasteiger partial charge in [0.2, 0.25) is 0 Å². The van der Waals surface area contributed by atoms with Gasteiger partial charge in [0.05, 0.1) is 19.3 Å². The van der Waals surface area contributed by atoms with Gasteiger partial charge < -0.3 is 15.0 Å². The van der Waals surface area contributed by atoms with Crippen LogP contribution in [0, 0.1) is 0 Å². The molecule has 2 heterocycles. The highest BCUT2D eigenvalue weighted by molar-refractivity contribution is 5.13. The minimum atomic E-state index is 0.343. The molecule has 0 atom stereocenters. The third-order valence-corrected chi connectivity index (χ3v) is 5.77. The fourth-order valence-electron chi connectivity index (χ4n) is 3.96. The third kappa shape index (κ3) is 3.98. The Labute approximate surface area is 155 Å². The lowest BCUT2D eigenvalue weighted by Crippen LogP contribution is -2.37. The van der Waals surface area contributed by atoms with Crippen molar-refractivity contribution in [2.24, 2.45) is 12.8 Å². The summed E-state index contributed by atoms with van der Waals surface area (Å²) in [6.45, 7) is 3.68. The molecule has 0 unspecified atom stereocenters. The molecule has 0 amide bonds. The molecule has 0 spiro atoms. The quantitative estimate of drug-likeness (QED) is 0.860. The van der Waals surface area contributed by atoms with Crippen molar-refractivity contribution < 1.29 is 4.74 Å². The van der Waals surface area contributed by atoms with Crippen LogP contribution >= 0.6 is 0 Å². The average Bonchev–Trinajstić information content (AvgIpc) is 2.99. The summed E-state index contributed by atoms with van der Waals surface area (Å²) >= 11 is 0. The summed E-state index contributed by atoms with van der Waals surface area (Å²) in [6, 6.07) is 10.8. The van der Waals surface area contributed by atoms with E-state index >= 15 is 0 Å². The standard InChI is InChI=1S/C20H29N5O/c1-24-19(22-23-20(24)16-11-17(21)12-16)13-25-9-7-18(8-10-25)26-14-15-5-3-2-4-6-15/h2-6,16-18H,7-14,21H2,1H3. The first kappa shape index (κ1) is 17.6. The first-order chi connectivity index (χ1) is 12.7. The summed E-state index contributed by atoms with van der Waals surface area (Å²) in [7, 11) is 2.09. The van der Waals surface area contributed by atoms with Crippen LogP contribution in [0.3, 0.4) is 0 Å². The van der Waals surface area contributed by atoms with E-state index in [4.69, 9.17) is 10.5 Å². The number of benzene rings is 1. The topological polar surface area (TPSA) is 69.2 Å². The van der Waals surface area contributed by atoms with Crippen molar-refractivity contribution in [3.05, 3.63) is 47.5 Å². The van der Waals surface area contributed by atoms with Gasteiger partial charge in [-0.15, -0.1) is 10.2 Å². The predicted octanol–water partition coefficient (Wildman–Crippen LogP) is 2.20. The molecular formula is C20H29N5O.